The maximum Gasteiger partial charge on any atom is 0.276 e. The van der Waals surface area contributed by atoms with E-state index in [1.165, 1.54) is 22.9 Å². The first-order chi connectivity index (χ1) is 14.8. The smallest absolute Gasteiger partial charge is 0.276 e. The molecule has 3 heterocycles. The van der Waals surface area contributed by atoms with E-state index in [0.717, 1.165) is 19.3 Å². The molecule has 5 rings (SSSR count). The molecule has 2 amide bonds. The summed E-state index contributed by atoms with van der Waals surface area (Å²) in [6.45, 7) is 1.93. The second-order valence-corrected chi connectivity index (χ2v) is 8.36. The van der Waals surface area contributed by atoms with Crippen LogP contribution in [0.2, 0.25) is 0 Å². The highest BCUT2D eigenvalue weighted by molar-refractivity contribution is 5.99. The third kappa shape index (κ3) is 3.20. The van der Waals surface area contributed by atoms with E-state index in [1.807, 2.05) is 0 Å². The highest BCUT2D eigenvalue weighted by Gasteiger charge is 2.47. The third-order valence-corrected chi connectivity index (χ3v) is 6.42. The number of nitrogens with zero attached hydrogens (tertiary/aromatic N) is 2. The normalized spacial score (nSPS) is 25.0. The van der Waals surface area contributed by atoms with Crippen molar-refractivity contribution in [1.29, 1.82) is 0 Å². The van der Waals surface area contributed by atoms with E-state index in [1.54, 1.807) is 24.0 Å². The van der Waals surface area contributed by atoms with Gasteiger partial charge in [-0.1, -0.05) is 12.1 Å². The van der Waals surface area contributed by atoms with Crippen LogP contribution in [0.25, 0.3) is 0 Å². The van der Waals surface area contributed by atoms with Gasteiger partial charge >= 0.3 is 0 Å². The molecular weight excluding hydrogens is 405 g/mol. The standard InChI is InChI=1S/C22H22FN3O5/c1-11(12-2-4-13(23)5-3-12)24-21(29)16-9-25-10-17-26(14-6-7-15(8-14)31-17)22(30)18(25)20(28)19(16)27/h2-5,9,11,14-15,17,28H,6-8,10H2,1H3,(H,24,29)/t11-,14-,15+,17+/m1/s1. The zero-order valence-electron chi connectivity index (χ0n) is 16.9. The molecule has 2 bridgehead atoms. The van der Waals surface area contributed by atoms with Crippen molar-refractivity contribution >= 4 is 11.8 Å². The van der Waals surface area contributed by atoms with Crippen LogP contribution in [-0.2, 0) is 11.3 Å². The Bertz CT molecular complexity index is 1130. The van der Waals surface area contributed by atoms with Crippen molar-refractivity contribution in [1.82, 2.24) is 14.8 Å². The molecule has 2 aromatic rings. The van der Waals surface area contributed by atoms with Crippen molar-refractivity contribution in [2.45, 2.75) is 57.1 Å². The monoisotopic (exact) mass is 427 g/mol. The molecule has 31 heavy (non-hydrogen) atoms. The highest BCUT2D eigenvalue weighted by Crippen LogP contribution is 2.38. The number of aromatic hydroxyl groups is 1. The number of rotatable bonds is 3. The van der Waals surface area contributed by atoms with Crippen molar-refractivity contribution in [3.63, 3.8) is 0 Å². The predicted octanol–water partition coefficient (Wildman–Crippen LogP) is 1.92. The number of nitrogens with one attached hydrogen (secondary N) is 1. The lowest BCUT2D eigenvalue weighted by Gasteiger charge is -2.44. The number of pyridine rings is 1. The lowest BCUT2D eigenvalue weighted by atomic mass is 10.1. The number of halogens is 1. The summed E-state index contributed by atoms with van der Waals surface area (Å²) < 4.78 is 20.6. The molecule has 1 aliphatic carbocycles. The quantitative estimate of drug-likeness (QED) is 0.780. The van der Waals surface area contributed by atoms with Crippen molar-refractivity contribution < 1.29 is 23.8 Å². The first-order valence-corrected chi connectivity index (χ1v) is 10.3. The van der Waals surface area contributed by atoms with Gasteiger partial charge in [0.05, 0.1) is 18.7 Å². The second-order valence-electron chi connectivity index (χ2n) is 8.36. The molecule has 1 aromatic carbocycles. The molecule has 1 saturated carbocycles. The molecule has 2 fully saturated rings. The number of carbonyl (C=O) groups is 2. The zero-order chi connectivity index (χ0) is 21.9. The summed E-state index contributed by atoms with van der Waals surface area (Å²) in [6, 6.07) is 5.20. The van der Waals surface area contributed by atoms with Crippen LogP contribution >= 0.6 is 0 Å². The molecule has 1 saturated heterocycles. The summed E-state index contributed by atoms with van der Waals surface area (Å²) in [6.07, 6.45) is 3.39. The number of fused-ring (bicyclic) bond motifs is 5. The lowest BCUT2D eigenvalue weighted by Crippen LogP contribution is -2.57. The van der Waals surface area contributed by atoms with E-state index in [9.17, 15) is 23.9 Å². The Hall–Kier alpha value is -3.20. The molecule has 8 nitrogen and oxygen atoms in total. The number of carbonyl (C=O) groups excluding carboxylic acids is 2. The summed E-state index contributed by atoms with van der Waals surface area (Å²) in [5.41, 5.74) is -0.619. The molecule has 4 atom stereocenters. The first kappa shape index (κ1) is 19.7. The number of ether oxygens (including phenoxy) is 1. The van der Waals surface area contributed by atoms with Gasteiger partial charge in [0.2, 0.25) is 5.43 Å². The van der Waals surface area contributed by atoms with E-state index in [4.69, 9.17) is 4.74 Å². The van der Waals surface area contributed by atoms with Crippen LogP contribution in [0.3, 0.4) is 0 Å². The molecule has 0 unspecified atom stereocenters. The van der Waals surface area contributed by atoms with Crippen LogP contribution in [-0.4, -0.2) is 44.8 Å². The zero-order valence-corrected chi connectivity index (χ0v) is 16.9. The SMILES string of the molecule is C[C@@H](NC(=O)c1cn2c(c(O)c1=O)C(=O)N1[C@@H]3CC[C@@H](C3)O[C@H]1C2)c1ccc(F)cc1. The van der Waals surface area contributed by atoms with Gasteiger partial charge in [-0.3, -0.25) is 14.4 Å². The number of hydrogen-bond acceptors (Lipinski definition) is 5. The molecule has 2 N–H and O–H groups in total. The lowest BCUT2D eigenvalue weighted by molar-refractivity contribution is -0.132. The Morgan fingerprint density at radius 2 is 2.00 bits per heavy atom. The van der Waals surface area contributed by atoms with E-state index >= 15 is 0 Å². The van der Waals surface area contributed by atoms with E-state index < -0.39 is 41.1 Å². The van der Waals surface area contributed by atoms with Gasteiger partial charge in [0.15, 0.2) is 17.7 Å². The van der Waals surface area contributed by atoms with Gasteiger partial charge < -0.3 is 24.6 Å². The maximum atomic E-state index is 13.1. The van der Waals surface area contributed by atoms with Crippen molar-refractivity contribution in [3.05, 3.63) is 63.3 Å². The molecule has 0 spiro atoms. The van der Waals surface area contributed by atoms with Crippen LogP contribution in [0.4, 0.5) is 4.39 Å². The van der Waals surface area contributed by atoms with Gasteiger partial charge in [-0.15, -0.1) is 0 Å². The van der Waals surface area contributed by atoms with Gasteiger partial charge in [-0.05, 0) is 43.9 Å². The predicted molar refractivity (Wildman–Crippen MR) is 107 cm³/mol. The van der Waals surface area contributed by atoms with Crippen LogP contribution < -0.4 is 10.7 Å². The summed E-state index contributed by atoms with van der Waals surface area (Å²) in [5, 5.41) is 13.2. The fourth-order valence-electron chi connectivity index (χ4n) is 4.82. The third-order valence-electron chi connectivity index (χ3n) is 6.42. The van der Waals surface area contributed by atoms with Gasteiger partial charge in [-0.25, -0.2) is 4.39 Å². The largest absolute Gasteiger partial charge is 0.503 e. The van der Waals surface area contributed by atoms with Gasteiger partial charge in [0.25, 0.3) is 11.8 Å². The number of amides is 2. The minimum atomic E-state index is -0.899. The van der Waals surface area contributed by atoms with Crippen LogP contribution in [0.1, 0.15) is 58.6 Å². The average molecular weight is 427 g/mol. The number of hydrogen-bond donors (Lipinski definition) is 2. The Labute approximate surface area is 177 Å². The molecule has 162 valence electrons. The molecule has 3 aliphatic rings. The Balaban J connectivity index is 1.45. The Morgan fingerprint density at radius 3 is 2.74 bits per heavy atom. The molecule has 9 heteroatoms. The highest BCUT2D eigenvalue weighted by atomic mass is 19.1. The van der Waals surface area contributed by atoms with Gasteiger partial charge in [0.1, 0.15) is 11.4 Å². The Morgan fingerprint density at radius 1 is 1.26 bits per heavy atom. The molecule has 2 aliphatic heterocycles. The van der Waals surface area contributed by atoms with Gasteiger partial charge in [0, 0.05) is 12.2 Å². The minimum Gasteiger partial charge on any atom is -0.503 e. The summed E-state index contributed by atoms with van der Waals surface area (Å²) in [7, 11) is 0. The minimum absolute atomic E-state index is 0.0408. The first-order valence-electron chi connectivity index (χ1n) is 10.3. The van der Waals surface area contributed by atoms with Crippen molar-refractivity contribution in [3.8, 4) is 5.75 Å². The summed E-state index contributed by atoms with van der Waals surface area (Å²) in [5.74, 6) is -2.27. The fourth-order valence-corrected chi connectivity index (χ4v) is 4.82. The maximum absolute atomic E-state index is 13.1. The topological polar surface area (TPSA) is 101 Å². The molecular formula is C22H22FN3O5. The molecule has 1 aromatic heterocycles. The molecule has 0 radical (unpaired) electrons. The second kappa shape index (κ2) is 7.19. The van der Waals surface area contributed by atoms with Crippen molar-refractivity contribution in [2.24, 2.45) is 0 Å². The van der Waals surface area contributed by atoms with Crippen molar-refractivity contribution in [2.75, 3.05) is 0 Å². The van der Waals surface area contributed by atoms with E-state index in [2.05, 4.69) is 5.32 Å². The fraction of sp³-hybridized carbons (Fsp3) is 0.409. The number of aromatic nitrogens is 1. The number of benzene rings is 1. The van der Waals surface area contributed by atoms with Crippen LogP contribution in [0, 0.1) is 5.82 Å². The van der Waals surface area contributed by atoms with Gasteiger partial charge in [-0.2, -0.15) is 0 Å². The van der Waals surface area contributed by atoms with E-state index in [0.29, 0.717) is 5.56 Å². The average Bonchev–Trinajstić information content (AvgIpc) is 3.11. The van der Waals surface area contributed by atoms with Crippen LogP contribution in [0.15, 0.2) is 35.3 Å². The van der Waals surface area contributed by atoms with E-state index in [-0.39, 0.29) is 29.9 Å². The summed E-state index contributed by atoms with van der Waals surface area (Å²) >= 11 is 0. The Kier molecular flexibility index (Phi) is 4.58. The summed E-state index contributed by atoms with van der Waals surface area (Å²) in [4.78, 5) is 40.2. The van der Waals surface area contributed by atoms with Crippen LogP contribution in [0.5, 0.6) is 5.75 Å².